The summed E-state index contributed by atoms with van der Waals surface area (Å²) >= 11 is 0. The Balaban J connectivity index is 1.31. The standard InChI is InChI=1S/C25H24FN5O4/c1-13-29-18(10-20(30-13)24(32)28-12-14-3-6-17(26)22(9-14)34-2)19-11-21(35-31-19)16-7-8-27-25(33)23(16)15-4-5-15/h3,6-10,15,21H,4-5,11-12H2,1-2H3,(H,27,33)(H,28,32). The second kappa shape index (κ2) is 9.28. The van der Waals surface area contributed by atoms with Crippen LogP contribution in [0.5, 0.6) is 5.75 Å². The van der Waals surface area contributed by atoms with Crippen molar-refractivity contribution < 1.29 is 18.8 Å². The Hall–Kier alpha value is -4.08. The number of aromatic amines is 1. The van der Waals surface area contributed by atoms with Crippen molar-refractivity contribution in [2.75, 3.05) is 7.11 Å². The third kappa shape index (κ3) is 4.77. The Morgan fingerprint density at radius 2 is 2.09 bits per heavy atom. The van der Waals surface area contributed by atoms with Gasteiger partial charge in [-0.1, -0.05) is 11.2 Å². The zero-order chi connectivity index (χ0) is 24.5. The Labute approximate surface area is 200 Å². The van der Waals surface area contributed by atoms with Gasteiger partial charge in [-0.3, -0.25) is 9.59 Å². The summed E-state index contributed by atoms with van der Waals surface area (Å²) in [4.78, 5) is 42.3. The molecule has 3 heterocycles. The lowest BCUT2D eigenvalue weighted by Gasteiger charge is -2.12. The first-order valence-corrected chi connectivity index (χ1v) is 11.3. The molecule has 1 atom stereocenters. The molecule has 3 aromatic rings. The summed E-state index contributed by atoms with van der Waals surface area (Å²) in [6.45, 7) is 1.87. The molecule has 1 fully saturated rings. The maximum atomic E-state index is 13.6. The third-order valence-electron chi connectivity index (χ3n) is 6.07. The molecule has 1 aliphatic carbocycles. The largest absolute Gasteiger partial charge is 0.494 e. The Kier molecular flexibility index (Phi) is 6.02. The van der Waals surface area contributed by atoms with Crippen molar-refractivity contribution in [2.24, 2.45) is 5.16 Å². The normalized spacial score (nSPS) is 17.0. The average molecular weight is 477 g/mol. The molecule has 0 bridgehead atoms. The highest BCUT2D eigenvalue weighted by molar-refractivity contribution is 6.02. The first kappa shape index (κ1) is 22.7. The molecule has 2 N–H and O–H groups in total. The maximum absolute atomic E-state index is 13.6. The molecule has 9 nitrogen and oxygen atoms in total. The van der Waals surface area contributed by atoms with Gasteiger partial charge in [-0.15, -0.1) is 0 Å². The van der Waals surface area contributed by atoms with E-state index in [9.17, 15) is 14.0 Å². The summed E-state index contributed by atoms with van der Waals surface area (Å²) in [5.41, 5.74) is 3.47. The molecule has 1 amide bonds. The predicted octanol–water partition coefficient (Wildman–Crippen LogP) is 3.29. The third-order valence-corrected chi connectivity index (χ3v) is 6.07. The highest BCUT2D eigenvalue weighted by atomic mass is 19.1. The Morgan fingerprint density at radius 1 is 1.26 bits per heavy atom. The number of methoxy groups -OCH3 is 1. The van der Waals surface area contributed by atoms with Crippen LogP contribution < -0.4 is 15.6 Å². The van der Waals surface area contributed by atoms with Gasteiger partial charge in [0.1, 0.15) is 17.2 Å². The van der Waals surface area contributed by atoms with Gasteiger partial charge >= 0.3 is 0 Å². The van der Waals surface area contributed by atoms with E-state index in [1.165, 1.54) is 19.2 Å². The minimum atomic E-state index is -0.471. The Morgan fingerprint density at radius 3 is 2.86 bits per heavy atom. The molecule has 10 heteroatoms. The number of ether oxygens (including phenoxy) is 1. The number of benzene rings is 1. The molecular formula is C25H24FN5O4. The first-order valence-electron chi connectivity index (χ1n) is 11.3. The van der Waals surface area contributed by atoms with Crippen molar-refractivity contribution in [1.29, 1.82) is 0 Å². The van der Waals surface area contributed by atoms with E-state index >= 15 is 0 Å². The van der Waals surface area contributed by atoms with Crippen molar-refractivity contribution >= 4 is 11.6 Å². The van der Waals surface area contributed by atoms with Crippen LogP contribution in [0.15, 0.2) is 46.5 Å². The lowest BCUT2D eigenvalue weighted by atomic mass is 9.97. The molecule has 35 heavy (non-hydrogen) atoms. The highest BCUT2D eigenvalue weighted by Gasteiger charge is 2.34. The fourth-order valence-corrected chi connectivity index (χ4v) is 4.19. The number of aryl methyl sites for hydroxylation is 1. The van der Waals surface area contributed by atoms with Crippen LogP contribution in [0.3, 0.4) is 0 Å². The fourth-order valence-electron chi connectivity index (χ4n) is 4.19. The van der Waals surface area contributed by atoms with Gasteiger partial charge in [0, 0.05) is 30.3 Å². The topological polar surface area (TPSA) is 119 Å². The molecule has 2 aliphatic rings. The van der Waals surface area contributed by atoms with Crippen LogP contribution in [0.1, 0.15) is 70.0 Å². The number of nitrogens with one attached hydrogen (secondary N) is 2. The monoisotopic (exact) mass is 477 g/mol. The second-order valence-electron chi connectivity index (χ2n) is 8.62. The number of halogens is 1. The summed E-state index contributed by atoms with van der Waals surface area (Å²) in [7, 11) is 1.38. The number of carbonyl (C=O) groups excluding carboxylic acids is 1. The maximum Gasteiger partial charge on any atom is 0.270 e. The smallest absolute Gasteiger partial charge is 0.270 e. The zero-order valence-corrected chi connectivity index (χ0v) is 19.3. The summed E-state index contributed by atoms with van der Waals surface area (Å²) in [6.07, 6.45) is 3.65. The zero-order valence-electron chi connectivity index (χ0n) is 19.3. The van der Waals surface area contributed by atoms with Crippen LogP contribution in [-0.4, -0.2) is 33.7 Å². The van der Waals surface area contributed by atoms with Gasteiger partial charge in [0.25, 0.3) is 11.5 Å². The number of rotatable bonds is 7. The Bertz CT molecular complexity index is 1380. The van der Waals surface area contributed by atoms with E-state index in [-0.39, 0.29) is 35.6 Å². The van der Waals surface area contributed by atoms with E-state index in [4.69, 9.17) is 9.57 Å². The molecule has 1 aromatic carbocycles. The average Bonchev–Trinajstić information content (AvgIpc) is 3.57. The van der Waals surface area contributed by atoms with Gasteiger partial charge in [-0.05, 0) is 55.5 Å². The molecule has 1 aliphatic heterocycles. The number of oxime groups is 1. The SMILES string of the molecule is COc1cc(CNC(=O)c2cc(C3=NOC(c4cc[nH]c(=O)c4C4CC4)C3)nc(C)n2)ccc1F. The number of hydrogen-bond acceptors (Lipinski definition) is 7. The van der Waals surface area contributed by atoms with Crippen molar-refractivity contribution in [2.45, 2.75) is 44.8 Å². The number of aromatic nitrogens is 3. The van der Waals surface area contributed by atoms with Gasteiger partial charge in [0.05, 0.1) is 12.8 Å². The molecule has 0 saturated heterocycles. The molecule has 1 unspecified atom stereocenters. The van der Waals surface area contributed by atoms with Crippen LogP contribution >= 0.6 is 0 Å². The van der Waals surface area contributed by atoms with Crippen LogP contribution in [-0.2, 0) is 11.4 Å². The van der Waals surface area contributed by atoms with Crippen LogP contribution in [0, 0.1) is 12.7 Å². The quantitative estimate of drug-likeness (QED) is 0.539. The number of amides is 1. The molecule has 180 valence electrons. The predicted molar refractivity (Wildman–Crippen MR) is 125 cm³/mol. The highest BCUT2D eigenvalue weighted by Crippen LogP contribution is 2.43. The van der Waals surface area contributed by atoms with Crippen LogP contribution in [0.4, 0.5) is 4.39 Å². The van der Waals surface area contributed by atoms with Crippen LogP contribution in [0.2, 0.25) is 0 Å². The minimum absolute atomic E-state index is 0.0855. The summed E-state index contributed by atoms with van der Waals surface area (Å²) in [6, 6.07) is 7.83. The van der Waals surface area contributed by atoms with E-state index in [0.29, 0.717) is 29.2 Å². The molecule has 0 radical (unpaired) electrons. The number of nitrogens with zero attached hydrogens (tertiary/aromatic N) is 3. The molecular weight excluding hydrogens is 453 g/mol. The first-order chi connectivity index (χ1) is 16.9. The van der Waals surface area contributed by atoms with Crippen molar-refractivity contribution in [3.8, 4) is 5.75 Å². The minimum Gasteiger partial charge on any atom is -0.494 e. The van der Waals surface area contributed by atoms with E-state index in [1.807, 2.05) is 6.07 Å². The van der Waals surface area contributed by atoms with E-state index in [2.05, 4.69) is 25.4 Å². The molecule has 5 rings (SSSR count). The van der Waals surface area contributed by atoms with Crippen LogP contribution in [0.25, 0.3) is 0 Å². The number of carbonyl (C=O) groups is 1. The van der Waals surface area contributed by atoms with E-state index < -0.39 is 11.7 Å². The number of hydrogen-bond donors (Lipinski definition) is 2. The van der Waals surface area contributed by atoms with Gasteiger partial charge in [-0.25, -0.2) is 14.4 Å². The van der Waals surface area contributed by atoms with Gasteiger partial charge < -0.3 is 19.9 Å². The lowest BCUT2D eigenvalue weighted by molar-refractivity contribution is 0.0849. The van der Waals surface area contributed by atoms with E-state index in [0.717, 1.165) is 24.0 Å². The van der Waals surface area contributed by atoms with Gasteiger partial charge in [-0.2, -0.15) is 0 Å². The number of H-pyrrole nitrogens is 1. The fraction of sp³-hybridized carbons (Fsp3) is 0.320. The van der Waals surface area contributed by atoms with Crippen molar-refractivity contribution in [3.05, 3.63) is 86.6 Å². The summed E-state index contributed by atoms with van der Waals surface area (Å²) in [5.74, 6) is -0.0871. The second-order valence-corrected chi connectivity index (χ2v) is 8.62. The van der Waals surface area contributed by atoms with Gasteiger partial charge in [0.15, 0.2) is 17.7 Å². The molecule has 1 saturated carbocycles. The molecule has 0 spiro atoms. The summed E-state index contributed by atoms with van der Waals surface area (Å²) < 4.78 is 18.6. The van der Waals surface area contributed by atoms with Crippen molar-refractivity contribution in [1.82, 2.24) is 20.3 Å². The number of pyridine rings is 1. The van der Waals surface area contributed by atoms with E-state index in [1.54, 1.807) is 25.3 Å². The molecule has 2 aromatic heterocycles. The summed E-state index contributed by atoms with van der Waals surface area (Å²) in [5, 5.41) is 6.99. The lowest BCUT2D eigenvalue weighted by Crippen LogP contribution is -2.25. The van der Waals surface area contributed by atoms with Gasteiger partial charge in [0.2, 0.25) is 0 Å². The van der Waals surface area contributed by atoms with Crippen molar-refractivity contribution in [3.63, 3.8) is 0 Å².